The Kier molecular flexibility index (Phi) is 12.2. The number of halogens is 6. The van der Waals surface area contributed by atoms with Gasteiger partial charge in [0.05, 0.1) is 23.3 Å². The number of carboxylic acids is 1. The van der Waals surface area contributed by atoms with E-state index in [4.69, 9.17) is 26.9 Å². The number of alkyl halides is 5. The SMILES string of the molecule is C=C/C(C(=O)O)=C(\N(N)c1cccc(C2=C(OCC3C=CC(C4CCN(C(=O)OCI)CC4)=CC3C)C(F)=CC(Cl)C2)n1)C(F)(F)F. The van der Waals surface area contributed by atoms with Crippen molar-refractivity contribution in [2.45, 2.75) is 37.7 Å². The minimum absolute atomic E-state index is 0.0468. The fourth-order valence-corrected chi connectivity index (χ4v) is 6.26. The summed E-state index contributed by atoms with van der Waals surface area (Å²) in [5, 5.41) is 8.65. The van der Waals surface area contributed by atoms with Gasteiger partial charge in [0.15, 0.2) is 17.3 Å². The Labute approximate surface area is 288 Å². The summed E-state index contributed by atoms with van der Waals surface area (Å²) in [6.45, 7) is 6.51. The first-order valence-corrected chi connectivity index (χ1v) is 16.7. The Hall–Kier alpha value is -3.37. The van der Waals surface area contributed by atoms with Crippen molar-refractivity contribution in [2.75, 3.05) is 29.3 Å². The van der Waals surface area contributed by atoms with E-state index in [1.807, 2.05) is 41.7 Å². The lowest BCUT2D eigenvalue weighted by Crippen LogP contribution is -2.40. The van der Waals surface area contributed by atoms with Crippen molar-refractivity contribution in [3.8, 4) is 0 Å². The number of nitrogens with two attached hydrogens (primary N) is 1. The molecule has 0 bridgehead atoms. The molecule has 0 aromatic carbocycles. The summed E-state index contributed by atoms with van der Waals surface area (Å²) in [6, 6.07) is 3.97. The number of nitrogens with zero attached hydrogens (tertiary/aromatic N) is 3. The van der Waals surface area contributed by atoms with Crippen molar-refractivity contribution in [3.05, 3.63) is 89.3 Å². The molecule has 1 aliphatic heterocycles. The predicted octanol–water partition coefficient (Wildman–Crippen LogP) is 7.43. The molecule has 0 spiro atoms. The molecule has 1 aromatic heterocycles. The van der Waals surface area contributed by atoms with E-state index >= 15 is 4.39 Å². The number of pyridine rings is 1. The van der Waals surface area contributed by atoms with E-state index in [1.54, 1.807) is 4.90 Å². The van der Waals surface area contributed by atoms with E-state index in [2.05, 4.69) is 17.6 Å². The molecule has 15 heteroatoms. The van der Waals surface area contributed by atoms with Gasteiger partial charge in [-0.3, -0.25) is 5.01 Å². The molecule has 1 saturated heterocycles. The maximum atomic E-state index is 15.3. The Morgan fingerprint density at radius 1 is 1.28 bits per heavy atom. The number of aliphatic carboxylic acids is 1. The molecule has 254 valence electrons. The molecule has 3 unspecified atom stereocenters. The van der Waals surface area contributed by atoms with Crippen molar-refractivity contribution in [1.82, 2.24) is 9.88 Å². The zero-order chi connectivity index (χ0) is 34.5. The van der Waals surface area contributed by atoms with Crippen molar-refractivity contribution < 1.29 is 41.7 Å². The number of hydrogen-bond donors (Lipinski definition) is 2. The standard InChI is InChI=1S/C32H34ClF4IN4O5/c1-3-23(30(43)44)29(32(35,36)37)42(39)27-6-4-5-26(40-27)24-14-22(33)15-25(34)28(24)46-16-21-8-7-20(13-18(21)2)19-9-11-41(12-10-19)31(45)47-17-38/h3-8,13,15,18-19,21-22H,1,9-12,14,16-17,39H2,2H3,(H,43,44)/b29-23+. The number of ether oxygens (including phenoxy) is 2. The number of hydrazine groups is 1. The number of aromatic nitrogens is 1. The minimum atomic E-state index is -5.17. The number of anilines is 1. The van der Waals surface area contributed by atoms with Gasteiger partial charge in [-0.15, -0.1) is 11.6 Å². The molecule has 4 rings (SSSR count). The lowest BCUT2D eigenvalue weighted by atomic mass is 9.80. The van der Waals surface area contributed by atoms with E-state index in [9.17, 15) is 27.9 Å². The van der Waals surface area contributed by atoms with Crippen LogP contribution in [0.3, 0.4) is 0 Å². The Balaban J connectivity index is 1.53. The topological polar surface area (TPSA) is 118 Å². The van der Waals surface area contributed by atoms with Gasteiger partial charge < -0.3 is 19.5 Å². The molecule has 1 amide bonds. The van der Waals surface area contributed by atoms with E-state index in [1.165, 1.54) is 23.8 Å². The molecule has 1 aromatic rings. The predicted molar refractivity (Wildman–Crippen MR) is 178 cm³/mol. The van der Waals surface area contributed by atoms with Crippen LogP contribution in [-0.4, -0.2) is 62.9 Å². The zero-order valence-corrected chi connectivity index (χ0v) is 28.3. The van der Waals surface area contributed by atoms with Crippen LogP contribution in [0.5, 0.6) is 0 Å². The Bertz CT molecular complexity index is 1540. The molecule has 47 heavy (non-hydrogen) atoms. The van der Waals surface area contributed by atoms with Gasteiger partial charge in [0.1, 0.15) is 10.4 Å². The van der Waals surface area contributed by atoms with Gasteiger partial charge >= 0.3 is 18.2 Å². The Morgan fingerprint density at radius 2 is 1.98 bits per heavy atom. The Morgan fingerprint density at radius 3 is 2.57 bits per heavy atom. The molecule has 2 aliphatic carbocycles. The fraction of sp³-hybridized carbons (Fsp3) is 0.406. The summed E-state index contributed by atoms with van der Waals surface area (Å²) in [6.07, 6.45) is 4.15. The van der Waals surface area contributed by atoms with Crippen LogP contribution in [0, 0.1) is 17.8 Å². The van der Waals surface area contributed by atoms with Gasteiger partial charge in [-0.1, -0.05) is 43.9 Å². The van der Waals surface area contributed by atoms with Crippen LogP contribution < -0.4 is 10.9 Å². The van der Waals surface area contributed by atoms with Gasteiger partial charge in [0, 0.05) is 24.6 Å². The number of carbonyl (C=O) groups is 2. The summed E-state index contributed by atoms with van der Waals surface area (Å²) < 4.78 is 68.6. The van der Waals surface area contributed by atoms with Crippen LogP contribution in [-0.2, 0) is 14.3 Å². The van der Waals surface area contributed by atoms with Gasteiger partial charge in [-0.05, 0) is 77.5 Å². The third-order valence-corrected chi connectivity index (χ3v) is 8.79. The fourth-order valence-electron chi connectivity index (χ4n) is 5.73. The second-order valence-corrected chi connectivity index (χ2v) is 12.4. The first-order valence-electron chi connectivity index (χ1n) is 14.7. The van der Waals surface area contributed by atoms with Crippen LogP contribution in [0.4, 0.5) is 28.2 Å². The molecule has 3 aliphatic rings. The average Bonchev–Trinajstić information content (AvgIpc) is 3.02. The van der Waals surface area contributed by atoms with E-state index in [0.717, 1.165) is 18.9 Å². The highest BCUT2D eigenvalue weighted by Crippen LogP contribution is 2.39. The second kappa shape index (κ2) is 15.7. The summed E-state index contributed by atoms with van der Waals surface area (Å²) in [5.74, 6) is 2.80. The molecule has 0 radical (unpaired) electrons. The third-order valence-electron chi connectivity index (χ3n) is 8.20. The zero-order valence-electron chi connectivity index (χ0n) is 25.4. The monoisotopic (exact) mass is 792 g/mol. The van der Waals surface area contributed by atoms with Crippen LogP contribution in [0.15, 0.2) is 83.6 Å². The molecular weight excluding hydrogens is 759 g/mol. The largest absolute Gasteiger partial charge is 0.490 e. The quantitative estimate of drug-likeness (QED) is 0.0478. The van der Waals surface area contributed by atoms with Gasteiger partial charge in [0.25, 0.3) is 0 Å². The van der Waals surface area contributed by atoms with E-state index < -0.39 is 40.4 Å². The van der Waals surface area contributed by atoms with Crippen LogP contribution in [0.1, 0.15) is 31.9 Å². The van der Waals surface area contributed by atoms with E-state index in [0.29, 0.717) is 29.7 Å². The molecule has 3 atom stereocenters. The number of carbonyl (C=O) groups excluding carboxylic acids is 1. The van der Waals surface area contributed by atoms with Crippen LogP contribution in [0.2, 0.25) is 0 Å². The molecule has 2 heterocycles. The highest BCUT2D eigenvalue weighted by Gasteiger charge is 2.42. The molecule has 1 fully saturated rings. The normalized spacial score (nSPS) is 22.6. The first-order chi connectivity index (χ1) is 22.2. The smallest absolute Gasteiger partial charge is 0.433 e. The molecule has 0 saturated carbocycles. The van der Waals surface area contributed by atoms with Crippen LogP contribution >= 0.6 is 34.2 Å². The van der Waals surface area contributed by atoms with Crippen LogP contribution in [0.25, 0.3) is 5.57 Å². The molecule has 3 N–H and O–H groups in total. The maximum absolute atomic E-state index is 15.3. The number of carboxylic acid groups (broad SMARTS) is 1. The summed E-state index contributed by atoms with van der Waals surface area (Å²) in [7, 11) is 0. The number of amides is 1. The highest BCUT2D eigenvalue weighted by molar-refractivity contribution is 14.1. The van der Waals surface area contributed by atoms with E-state index in [-0.39, 0.29) is 53.0 Å². The number of likely N-dealkylation sites (tertiary alicyclic amines) is 1. The van der Waals surface area contributed by atoms with Crippen molar-refractivity contribution >= 4 is 57.6 Å². The maximum Gasteiger partial charge on any atom is 0.433 e. The van der Waals surface area contributed by atoms with Crippen molar-refractivity contribution in [2.24, 2.45) is 23.6 Å². The van der Waals surface area contributed by atoms with Gasteiger partial charge in [-0.2, -0.15) is 13.2 Å². The van der Waals surface area contributed by atoms with Gasteiger partial charge in [-0.25, -0.2) is 24.8 Å². The molecule has 9 nitrogen and oxygen atoms in total. The molecular formula is C32H34ClF4IN4O5. The number of hydrogen-bond acceptors (Lipinski definition) is 7. The number of piperidine rings is 1. The van der Waals surface area contributed by atoms with Gasteiger partial charge in [0.2, 0.25) is 0 Å². The highest BCUT2D eigenvalue weighted by atomic mass is 127. The summed E-state index contributed by atoms with van der Waals surface area (Å²) in [5.41, 5.74) is -1.41. The average molecular weight is 793 g/mol. The van der Waals surface area contributed by atoms with Crippen molar-refractivity contribution in [3.63, 3.8) is 0 Å². The lowest BCUT2D eigenvalue weighted by molar-refractivity contribution is -0.133. The third kappa shape index (κ3) is 8.76. The minimum Gasteiger partial charge on any atom is -0.490 e. The number of allylic oxidation sites excluding steroid dienone is 7. The summed E-state index contributed by atoms with van der Waals surface area (Å²) in [4.78, 5) is 29.5. The summed E-state index contributed by atoms with van der Waals surface area (Å²) >= 11 is 8.27. The first kappa shape index (κ1) is 36.5. The second-order valence-electron chi connectivity index (χ2n) is 11.2. The lowest BCUT2D eigenvalue weighted by Gasteiger charge is -2.34. The number of rotatable bonds is 10. The van der Waals surface area contributed by atoms with Crippen molar-refractivity contribution in [1.29, 1.82) is 0 Å².